The van der Waals surface area contributed by atoms with Crippen molar-refractivity contribution in [3.05, 3.63) is 16.1 Å². The number of carbonyl (C=O) groups excluding carboxylic acids is 1. The van der Waals surface area contributed by atoms with Gasteiger partial charge in [0.15, 0.2) is 0 Å². The molecule has 3 atom stereocenters. The highest BCUT2D eigenvalue weighted by atomic mass is 127. The molecule has 0 spiro atoms. The minimum atomic E-state index is -0.534. The van der Waals surface area contributed by atoms with Crippen LogP contribution in [0.3, 0.4) is 0 Å². The quantitative estimate of drug-likeness (QED) is 0.561. The Morgan fingerprint density at radius 1 is 1.48 bits per heavy atom. The molecule has 0 radical (unpaired) electrons. The number of esters is 1. The van der Waals surface area contributed by atoms with Gasteiger partial charge in [-0.3, -0.25) is 4.79 Å². The normalized spacial score (nSPS) is 24.0. The van der Waals surface area contributed by atoms with Gasteiger partial charge in [-0.2, -0.15) is 0 Å². The summed E-state index contributed by atoms with van der Waals surface area (Å²) in [5, 5.41) is 0.829. The fraction of sp³-hybridized carbons (Fsp3) is 0.588. The van der Waals surface area contributed by atoms with Crippen molar-refractivity contribution in [1.82, 2.24) is 14.5 Å². The highest BCUT2D eigenvalue weighted by molar-refractivity contribution is 14.1. The lowest BCUT2D eigenvalue weighted by molar-refractivity contribution is -0.161. The van der Waals surface area contributed by atoms with Gasteiger partial charge in [0.2, 0.25) is 0 Å². The number of anilines is 1. The highest BCUT2D eigenvalue weighted by Crippen LogP contribution is 2.37. The summed E-state index contributed by atoms with van der Waals surface area (Å²) in [7, 11) is 0. The third-order valence-corrected chi connectivity index (χ3v) is 5.17. The summed E-state index contributed by atoms with van der Waals surface area (Å²) in [5.74, 6) is 0.243. The van der Waals surface area contributed by atoms with Gasteiger partial charge in [0.1, 0.15) is 30.1 Å². The summed E-state index contributed by atoms with van der Waals surface area (Å²) in [6.07, 6.45) is 4.12. The Morgan fingerprint density at radius 3 is 2.84 bits per heavy atom. The molecule has 136 valence electrons. The summed E-state index contributed by atoms with van der Waals surface area (Å²) < 4.78 is 14.8. The van der Waals surface area contributed by atoms with Crippen molar-refractivity contribution in [1.29, 1.82) is 0 Å². The molecule has 0 unspecified atom stereocenters. The van der Waals surface area contributed by atoms with Crippen LogP contribution in [0.25, 0.3) is 11.0 Å². The van der Waals surface area contributed by atoms with Gasteiger partial charge >= 0.3 is 5.97 Å². The standard InChI is InChI=1S/C17H23IN4O3/c1-5-10-11(25-16(23)17(2,3)4)6-12(24-10)22-7-9(18)13-14(19)20-8-21-15(13)22/h7-8,10-12H,5-6H2,1-4H3,(H2,19,20,21)/t10-,11+,12-/m1/s1. The van der Waals surface area contributed by atoms with Gasteiger partial charge in [0.25, 0.3) is 0 Å². The number of nitrogens with two attached hydrogens (primary N) is 1. The molecule has 0 bridgehead atoms. The first kappa shape index (κ1) is 18.4. The SMILES string of the molecule is CC[C@H]1O[C@@H](n2cc(I)c3c(N)ncnc32)C[C@@H]1OC(=O)C(C)(C)C. The van der Waals surface area contributed by atoms with Crippen LogP contribution in [-0.4, -0.2) is 32.7 Å². The van der Waals surface area contributed by atoms with Crippen molar-refractivity contribution in [2.24, 2.45) is 5.41 Å². The molecule has 8 heteroatoms. The number of hydrogen-bond donors (Lipinski definition) is 1. The molecule has 0 amide bonds. The van der Waals surface area contributed by atoms with E-state index in [9.17, 15) is 4.79 Å². The predicted octanol–water partition coefficient (Wildman–Crippen LogP) is 3.27. The molecule has 2 aromatic heterocycles. The molecule has 0 aliphatic carbocycles. The number of aromatic nitrogens is 3. The molecule has 25 heavy (non-hydrogen) atoms. The van der Waals surface area contributed by atoms with Crippen LogP contribution in [0.2, 0.25) is 0 Å². The Morgan fingerprint density at radius 2 is 2.20 bits per heavy atom. The molecular formula is C17H23IN4O3. The van der Waals surface area contributed by atoms with Crippen LogP contribution in [0, 0.1) is 8.99 Å². The van der Waals surface area contributed by atoms with Gasteiger partial charge in [0, 0.05) is 16.2 Å². The van der Waals surface area contributed by atoms with Crippen LogP contribution < -0.4 is 5.73 Å². The van der Waals surface area contributed by atoms with E-state index in [4.69, 9.17) is 15.2 Å². The summed E-state index contributed by atoms with van der Waals surface area (Å²) in [5.41, 5.74) is 6.19. The molecule has 1 fully saturated rings. The molecule has 1 saturated heterocycles. The smallest absolute Gasteiger partial charge is 0.311 e. The second-order valence-corrected chi connectivity index (χ2v) is 8.47. The van der Waals surface area contributed by atoms with Crippen LogP contribution in [0.4, 0.5) is 5.82 Å². The molecule has 3 heterocycles. The topological polar surface area (TPSA) is 92.3 Å². The first-order chi connectivity index (χ1) is 11.7. The van der Waals surface area contributed by atoms with Crippen molar-refractivity contribution >= 4 is 45.4 Å². The molecular weight excluding hydrogens is 435 g/mol. The van der Waals surface area contributed by atoms with Crippen LogP contribution in [0.5, 0.6) is 0 Å². The molecule has 2 aromatic rings. The number of rotatable bonds is 3. The molecule has 0 saturated carbocycles. The van der Waals surface area contributed by atoms with E-state index in [1.807, 2.05) is 38.5 Å². The van der Waals surface area contributed by atoms with Crippen LogP contribution in [0.15, 0.2) is 12.5 Å². The summed E-state index contributed by atoms with van der Waals surface area (Å²) in [6.45, 7) is 7.59. The molecule has 2 N–H and O–H groups in total. The third-order valence-electron chi connectivity index (χ3n) is 4.36. The number of carbonyl (C=O) groups is 1. The van der Waals surface area contributed by atoms with Gasteiger partial charge in [-0.15, -0.1) is 0 Å². The number of fused-ring (bicyclic) bond motifs is 1. The van der Waals surface area contributed by atoms with E-state index in [0.29, 0.717) is 12.2 Å². The summed E-state index contributed by atoms with van der Waals surface area (Å²) >= 11 is 2.22. The second-order valence-electron chi connectivity index (χ2n) is 7.31. The Hall–Kier alpha value is -1.42. The lowest BCUT2D eigenvalue weighted by Crippen LogP contribution is -2.32. The van der Waals surface area contributed by atoms with Crippen LogP contribution >= 0.6 is 22.6 Å². The molecule has 7 nitrogen and oxygen atoms in total. The Balaban J connectivity index is 1.88. The fourth-order valence-electron chi connectivity index (χ4n) is 2.95. The lowest BCUT2D eigenvalue weighted by atomic mass is 9.97. The second kappa shape index (κ2) is 6.71. The zero-order valence-electron chi connectivity index (χ0n) is 14.8. The van der Waals surface area contributed by atoms with Crippen molar-refractivity contribution in [2.75, 3.05) is 5.73 Å². The Kier molecular flexibility index (Phi) is 4.93. The van der Waals surface area contributed by atoms with E-state index in [1.165, 1.54) is 6.33 Å². The number of nitrogens with zero attached hydrogens (tertiary/aromatic N) is 3. The maximum absolute atomic E-state index is 12.3. The largest absolute Gasteiger partial charge is 0.459 e. The van der Waals surface area contributed by atoms with Crippen molar-refractivity contribution in [3.8, 4) is 0 Å². The van der Waals surface area contributed by atoms with Gasteiger partial charge in [-0.1, -0.05) is 6.92 Å². The number of nitrogen functional groups attached to an aromatic ring is 1. The highest BCUT2D eigenvalue weighted by Gasteiger charge is 2.40. The first-order valence-corrected chi connectivity index (χ1v) is 9.43. The molecule has 1 aliphatic heterocycles. The monoisotopic (exact) mass is 458 g/mol. The molecule has 0 aromatic carbocycles. The lowest BCUT2D eigenvalue weighted by Gasteiger charge is -2.22. The van der Waals surface area contributed by atoms with Gasteiger partial charge in [-0.05, 0) is 49.8 Å². The van der Waals surface area contributed by atoms with Crippen LogP contribution in [-0.2, 0) is 14.3 Å². The molecule has 3 rings (SSSR count). The van der Waals surface area contributed by atoms with Crippen molar-refractivity contribution < 1.29 is 14.3 Å². The minimum Gasteiger partial charge on any atom is -0.459 e. The van der Waals surface area contributed by atoms with Crippen molar-refractivity contribution in [3.63, 3.8) is 0 Å². The van der Waals surface area contributed by atoms with E-state index in [1.54, 1.807) is 0 Å². The minimum absolute atomic E-state index is 0.134. The van der Waals surface area contributed by atoms with Gasteiger partial charge < -0.3 is 19.8 Å². The van der Waals surface area contributed by atoms with E-state index in [2.05, 4.69) is 32.6 Å². The van der Waals surface area contributed by atoms with E-state index < -0.39 is 5.41 Å². The predicted molar refractivity (Wildman–Crippen MR) is 103 cm³/mol. The number of ether oxygens (including phenoxy) is 2. The zero-order valence-corrected chi connectivity index (χ0v) is 17.0. The van der Waals surface area contributed by atoms with Crippen molar-refractivity contribution in [2.45, 2.75) is 59.0 Å². The number of halogens is 1. The van der Waals surface area contributed by atoms with E-state index >= 15 is 0 Å². The maximum Gasteiger partial charge on any atom is 0.311 e. The van der Waals surface area contributed by atoms with E-state index in [-0.39, 0.29) is 24.4 Å². The average molecular weight is 458 g/mol. The Labute approximate surface area is 160 Å². The zero-order chi connectivity index (χ0) is 18.4. The first-order valence-electron chi connectivity index (χ1n) is 8.35. The third kappa shape index (κ3) is 3.46. The van der Waals surface area contributed by atoms with Gasteiger partial charge in [0.05, 0.1) is 16.9 Å². The fourth-order valence-corrected chi connectivity index (χ4v) is 3.77. The summed E-state index contributed by atoms with van der Waals surface area (Å²) in [4.78, 5) is 20.7. The van der Waals surface area contributed by atoms with Gasteiger partial charge in [-0.25, -0.2) is 9.97 Å². The summed E-state index contributed by atoms with van der Waals surface area (Å²) in [6, 6.07) is 0. The number of hydrogen-bond acceptors (Lipinski definition) is 6. The van der Waals surface area contributed by atoms with E-state index in [0.717, 1.165) is 21.0 Å². The maximum atomic E-state index is 12.3. The Bertz CT molecular complexity index is 799. The van der Waals surface area contributed by atoms with Crippen LogP contribution in [0.1, 0.15) is 46.8 Å². The average Bonchev–Trinajstić information content (AvgIpc) is 3.08. The molecule has 1 aliphatic rings.